The van der Waals surface area contributed by atoms with Gasteiger partial charge in [0.2, 0.25) is 5.91 Å². The second kappa shape index (κ2) is 10.1. The summed E-state index contributed by atoms with van der Waals surface area (Å²) in [5.74, 6) is 0.372. The third kappa shape index (κ3) is 6.45. The Bertz CT molecular complexity index is 979. The lowest BCUT2D eigenvalue weighted by molar-refractivity contribution is -0.118. The van der Waals surface area contributed by atoms with Crippen molar-refractivity contribution in [2.75, 3.05) is 23.8 Å². The van der Waals surface area contributed by atoms with Crippen LogP contribution in [-0.4, -0.2) is 34.1 Å². The number of methoxy groups -OCH3 is 1. The molecule has 0 aromatic heterocycles. The van der Waals surface area contributed by atoms with Gasteiger partial charge >= 0.3 is 0 Å². The highest BCUT2D eigenvalue weighted by Gasteiger charge is 2.19. The van der Waals surface area contributed by atoms with Gasteiger partial charge in [0.1, 0.15) is 5.75 Å². The fourth-order valence-electron chi connectivity index (χ4n) is 2.57. The van der Waals surface area contributed by atoms with Crippen molar-refractivity contribution >= 4 is 43.2 Å². The molecule has 0 spiro atoms. The lowest BCUT2D eigenvalue weighted by Crippen LogP contribution is -2.20. The predicted octanol–water partition coefficient (Wildman–Crippen LogP) is 4.32. The van der Waals surface area contributed by atoms with Crippen LogP contribution in [0.5, 0.6) is 5.75 Å². The molecule has 0 aliphatic rings. The van der Waals surface area contributed by atoms with Crippen molar-refractivity contribution in [2.45, 2.75) is 38.2 Å². The number of hydrogen-bond acceptors (Lipinski definition) is 5. The zero-order valence-electron chi connectivity index (χ0n) is 16.8. The largest absolute Gasteiger partial charge is 0.493 e. The van der Waals surface area contributed by atoms with Crippen LogP contribution in [0.2, 0.25) is 0 Å². The average molecular weight is 485 g/mol. The monoisotopic (exact) mass is 484 g/mol. The third-order valence-electron chi connectivity index (χ3n) is 4.12. The van der Waals surface area contributed by atoms with E-state index in [9.17, 15) is 13.2 Å². The van der Waals surface area contributed by atoms with Crippen LogP contribution >= 0.6 is 15.9 Å². The highest BCUT2D eigenvalue weighted by atomic mass is 79.9. The van der Waals surface area contributed by atoms with Crippen LogP contribution in [0, 0.1) is 6.92 Å². The van der Waals surface area contributed by atoms with Crippen molar-refractivity contribution < 1.29 is 22.7 Å². The van der Waals surface area contributed by atoms with Crippen molar-refractivity contribution in [3.63, 3.8) is 0 Å². The van der Waals surface area contributed by atoms with Gasteiger partial charge in [-0.05, 0) is 72.6 Å². The minimum Gasteiger partial charge on any atom is -0.493 e. The molecule has 1 amide bonds. The van der Waals surface area contributed by atoms with E-state index >= 15 is 0 Å². The molecule has 0 fully saturated rings. The first-order chi connectivity index (χ1) is 13.7. The molecule has 1 unspecified atom stereocenters. The smallest absolute Gasteiger partial charge is 0.262 e. The van der Waals surface area contributed by atoms with Gasteiger partial charge in [0.05, 0.1) is 34.2 Å². The summed E-state index contributed by atoms with van der Waals surface area (Å²) in [7, 11) is -2.33. The van der Waals surface area contributed by atoms with Gasteiger partial charge in [0, 0.05) is 12.8 Å². The molecule has 0 bridgehead atoms. The molecule has 1 atom stereocenters. The Morgan fingerprint density at radius 3 is 2.48 bits per heavy atom. The molecule has 0 saturated heterocycles. The summed E-state index contributed by atoms with van der Waals surface area (Å²) in [5.41, 5.74) is 1.35. The first-order valence-electron chi connectivity index (χ1n) is 9.04. The number of sulfonamides is 1. The van der Waals surface area contributed by atoms with E-state index < -0.39 is 10.0 Å². The van der Waals surface area contributed by atoms with Gasteiger partial charge in [-0.15, -0.1) is 0 Å². The molecule has 0 saturated carbocycles. The van der Waals surface area contributed by atoms with Gasteiger partial charge in [-0.1, -0.05) is 6.07 Å². The first-order valence-corrected chi connectivity index (χ1v) is 11.3. The van der Waals surface area contributed by atoms with Crippen molar-refractivity contribution in [1.29, 1.82) is 0 Å². The van der Waals surface area contributed by atoms with E-state index in [4.69, 9.17) is 9.47 Å². The Labute approximate surface area is 180 Å². The van der Waals surface area contributed by atoms with E-state index in [0.717, 1.165) is 0 Å². The van der Waals surface area contributed by atoms with Crippen molar-refractivity contribution in [3.05, 3.63) is 46.4 Å². The number of aryl methyl sites for hydroxylation is 1. The van der Waals surface area contributed by atoms with Crippen molar-refractivity contribution in [3.8, 4) is 5.75 Å². The normalized spacial score (nSPS) is 12.3. The highest BCUT2D eigenvalue weighted by Crippen LogP contribution is 2.30. The quantitative estimate of drug-likeness (QED) is 0.552. The standard InChI is InChI=1S/C20H25BrN2O5S/c1-5-28-18-9-8-16(11-17(18)21)23-29(25,26)19-12-15(7-6-13(19)2)22-20(24)10-14(3)27-4/h6-9,11-12,14,23H,5,10H2,1-4H3,(H,22,24). The number of halogens is 1. The number of benzene rings is 2. The van der Waals surface area contributed by atoms with Gasteiger partial charge < -0.3 is 14.8 Å². The van der Waals surface area contributed by atoms with Crippen molar-refractivity contribution in [1.82, 2.24) is 0 Å². The zero-order valence-corrected chi connectivity index (χ0v) is 19.2. The highest BCUT2D eigenvalue weighted by molar-refractivity contribution is 9.10. The van der Waals surface area contributed by atoms with Gasteiger partial charge in [0.15, 0.2) is 0 Å². The number of hydrogen-bond donors (Lipinski definition) is 2. The summed E-state index contributed by atoms with van der Waals surface area (Å²) in [5, 5.41) is 2.71. The van der Waals surface area contributed by atoms with E-state index in [-0.39, 0.29) is 23.3 Å². The van der Waals surface area contributed by atoms with Gasteiger partial charge in [-0.2, -0.15) is 0 Å². The molecule has 0 radical (unpaired) electrons. The Balaban J connectivity index is 2.23. The predicted molar refractivity (Wildman–Crippen MR) is 117 cm³/mol. The number of nitrogens with one attached hydrogen (secondary N) is 2. The van der Waals surface area contributed by atoms with Crippen LogP contribution < -0.4 is 14.8 Å². The molecule has 0 aliphatic heterocycles. The molecule has 2 aromatic rings. The Morgan fingerprint density at radius 1 is 1.17 bits per heavy atom. The maximum atomic E-state index is 12.9. The van der Waals surface area contributed by atoms with Gasteiger partial charge in [0.25, 0.3) is 10.0 Å². The first kappa shape index (κ1) is 23.2. The summed E-state index contributed by atoms with van der Waals surface area (Å²) < 4.78 is 39.6. The molecule has 158 valence electrons. The fourth-order valence-corrected chi connectivity index (χ4v) is 4.39. The average Bonchev–Trinajstić information content (AvgIpc) is 2.65. The van der Waals surface area contributed by atoms with Crippen LogP contribution in [0.1, 0.15) is 25.8 Å². The van der Waals surface area contributed by atoms with Crippen LogP contribution in [0.25, 0.3) is 0 Å². The summed E-state index contributed by atoms with van der Waals surface area (Å²) >= 11 is 3.37. The lowest BCUT2D eigenvalue weighted by Gasteiger charge is -2.14. The second-order valence-electron chi connectivity index (χ2n) is 6.46. The van der Waals surface area contributed by atoms with E-state index in [1.807, 2.05) is 6.92 Å². The molecule has 0 heterocycles. The zero-order chi connectivity index (χ0) is 21.6. The van der Waals surface area contributed by atoms with E-state index in [0.29, 0.717) is 33.8 Å². The molecule has 9 heteroatoms. The summed E-state index contributed by atoms with van der Waals surface area (Å²) in [6, 6.07) is 9.70. The summed E-state index contributed by atoms with van der Waals surface area (Å²) in [4.78, 5) is 12.2. The number of carbonyl (C=O) groups is 1. The Kier molecular flexibility index (Phi) is 8.06. The molecule has 7 nitrogen and oxygen atoms in total. The minimum absolute atomic E-state index is 0.0834. The van der Waals surface area contributed by atoms with E-state index in [2.05, 4.69) is 26.0 Å². The maximum Gasteiger partial charge on any atom is 0.262 e. The Hall–Kier alpha value is -2.10. The molecular formula is C20H25BrN2O5S. The molecule has 29 heavy (non-hydrogen) atoms. The molecule has 0 aliphatic carbocycles. The third-order valence-corrected chi connectivity index (χ3v) is 6.26. The van der Waals surface area contributed by atoms with Crippen molar-refractivity contribution in [2.24, 2.45) is 0 Å². The molecule has 2 rings (SSSR count). The minimum atomic E-state index is -3.86. The number of carbonyl (C=O) groups excluding carboxylic acids is 1. The summed E-state index contributed by atoms with van der Waals surface area (Å²) in [6.45, 7) is 5.85. The number of anilines is 2. The molecule has 2 N–H and O–H groups in total. The van der Waals surface area contributed by atoms with Crippen LogP contribution in [0.4, 0.5) is 11.4 Å². The SMILES string of the molecule is CCOc1ccc(NS(=O)(=O)c2cc(NC(=O)CC(C)OC)ccc2C)cc1Br. The van der Waals surface area contributed by atoms with E-state index in [1.165, 1.54) is 13.2 Å². The fraction of sp³-hybridized carbons (Fsp3) is 0.350. The lowest BCUT2D eigenvalue weighted by atomic mass is 10.2. The maximum absolute atomic E-state index is 12.9. The summed E-state index contributed by atoms with van der Waals surface area (Å²) in [6.07, 6.45) is -0.0614. The van der Waals surface area contributed by atoms with Crippen LogP contribution in [0.3, 0.4) is 0 Å². The topological polar surface area (TPSA) is 93.7 Å². The molecule has 2 aromatic carbocycles. The number of amides is 1. The molecular weight excluding hydrogens is 460 g/mol. The van der Waals surface area contributed by atoms with Gasteiger partial charge in [-0.25, -0.2) is 8.42 Å². The van der Waals surface area contributed by atoms with Gasteiger partial charge in [-0.3, -0.25) is 9.52 Å². The van der Waals surface area contributed by atoms with E-state index in [1.54, 1.807) is 44.2 Å². The number of ether oxygens (including phenoxy) is 2. The van der Waals surface area contributed by atoms with Crippen LogP contribution in [-0.2, 0) is 19.6 Å². The number of rotatable bonds is 9. The Morgan fingerprint density at radius 2 is 1.86 bits per heavy atom. The second-order valence-corrected chi connectivity index (χ2v) is 8.97. The van der Waals surface area contributed by atoms with Crippen LogP contribution in [0.15, 0.2) is 45.8 Å².